The average Bonchev–Trinajstić information content (AvgIpc) is 3.87. The summed E-state index contributed by atoms with van der Waals surface area (Å²) >= 11 is 0. The molecule has 328 valence electrons. The van der Waals surface area contributed by atoms with E-state index in [0.717, 1.165) is 15.8 Å². The number of hydrogen-bond donors (Lipinski definition) is 7. The smallest absolute Gasteiger partial charge is 0.432 e. The van der Waals surface area contributed by atoms with Crippen molar-refractivity contribution in [2.24, 2.45) is 11.8 Å². The SMILES string of the molecule is COc1ccc(C[C@@H]2NC(=O)[C@H](CC(C)C)NC(=O)[C@@H](Cc3c[nH]c4ccccc34)NC(=O)CN(C(=O)c3cc(C(F)(F)F)[nH]n3)C[C@H](C(C)C)NC(=O)[C@@H](C)NC2=O)cc1. The fraction of sp³-hybridized carbons (Fsp3) is 0.452. The van der Waals surface area contributed by atoms with Gasteiger partial charge in [-0.25, -0.2) is 0 Å². The summed E-state index contributed by atoms with van der Waals surface area (Å²) in [5, 5.41) is 19.8. The number of carbonyl (C=O) groups is 6. The minimum absolute atomic E-state index is 0.00751. The Kier molecular flexibility index (Phi) is 14.8. The second-order valence-corrected chi connectivity index (χ2v) is 15.9. The molecular formula is C42H52F3N9O7. The zero-order valence-electron chi connectivity index (χ0n) is 34.7. The molecule has 0 unspecified atom stereocenters. The van der Waals surface area contributed by atoms with Crippen molar-refractivity contribution in [2.75, 3.05) is 20.2 Å². The highest BCUT2D eigenvalue weighted by Crippen LogP contribution is 2.28. The number of aromatic nitrogens is 3. The standard InChI is InChI=1S/C42H52F3N9O7/c1-22(2)15-30-39(58)50-31(16-25-11-13-27(61-6)14-12-25)38(57)47-24(5)37(56)51-34(23(3)4)20-54(41(60)33-18-35(53-52-33)42(43,44)45)21-36(55)48-32(40(59)49-30)17-26-19-46-29-10-8-7-9-28(26)29/h7-14,18-19,22-24,30-32,34,46H,15-17,20-21H2,1-6H3,(H,47,57)(H,48,55)(H,49,59)(H,50,58)(H,51,56)(H,52,53)/t24-,30+,31+,32-,34-/m1/s1. The van der Waals surface area contributed by atoms with E-state index in [4.69, 9.17) is 4.74 Å². The van der Waals surface area contributed by atoms with E-state index in [1.54, 1.807) is 55.5 Å². The largest absolute Gasteiger partial charge is 0.497 e. The first-order valence-corrected chi connectivity index (χ1v) is 19.9. The van der Waals surface area contributed by atoms with Crippen molar-refractivity contribution in [2.45, 2.75) is 90.3 Å². The predicted octanol–water partition coefficient (Wildman–Crippen LogP) is 3.01. The van der Waals surface area contributed by atoms with E-state index in [9.17, 15) is 41.9 Å². The molecule has 61 heavy (non-hydrogen) atoms. The Hall–Kier alpha value is -6.40. The van der Waals surface area contributed by atoms with E-state index in [-0.39, 0.29) is 31.7 Å². The van der Waals surface area contributed by atoms with Gasteiger partial charge in [-0.05, 0) is 54.5 Å². The molecule has 1 fully saturated rings. The third-order valence-corrected chi connectivity index (χ3v) is 10.3. The number of amides is 6. The molecule has 7 N–H and O–H groups in total. The van der Waals surface area contributed by atoms with Crippen molar-refractivity contribution in [1.29, 1.82) is 0 Å². The van der Waals surface area contributed by atoms with Crippen LogP contribution in [0.3, 0.4) is 0 Å². The molecule has 2 aromatic heterocycles. The molecule has 0 bridgehead atoms. The lowest BCUT2D eigenvalue weighted by Crippen LogP contribution is -2.60. The Morgan fingerprint density at radius 1 is 0.836 bits per heavy atom. The highest BCUT2D eigenvalue weighted by Gasteiger charge is 2.37. The molecule has 0 radical (unpaired) electrons. The van der Waals surface area contributed by atoms with E-state index in [0.29, 0.717) is 22.9 Å². The molecule has 1 saturated heterocycles. The van der Waals surface area contributed by atoms with Crippen molar-refractivity contribution in [1.82, 2.24) is 46.7 Å². The molecule has 2 aromatic carbocycles. The highest BCUT2D eigenvalue weighted by molar-refractivity contribution is 5.98. The van der Waals surface area contributed by atoms with Gasteiger partial charge < -0.3 is 41.2 Å². The van der Waals surface area contributed by atoms with E-state index >= 15 is 0 Å². The maximum atomic E-state index is 14.3. The third kappa shape index (κ3) is 12.1. The summed E-state index contributed by atoms with van der Waals surface area (Å²) in [6.07, 6.45) is -3.13. The van der Waals surface area contributed by atoms with Gasteiger partial charge in [0.05, 0.1) is 13.7 Å². The number of alkyl halides is 3. The lowest BCUT2D eigenvalue weighted by Gasteiger charge is -2.32. The van der Waals surface area contributed by atoms with Crippen LogP contribution in [0.4, 0.5) is 13.2 Å². The van der Waals surface area contributed by atoms with Crippen molar-refractivity contribution >= 4 is 46.3 Å². The molecular weight excluding hydrogens is 800 g/mol. The molecule has 6 amide bonds. The topological polar surface area (TPSA) is 220 Å². The molecule has 16 nitrogen and oxygen atoms in total. The molecule has 3 heterocycles. The summed E-state index contributed by atoms with van der Waals surface area (Å²) in [5.74, 6) is -4.74. The summed E-state index contributed by atoms with van der Waals surface area (Å²) in [7, 11) is 1.51. The Bertz CT molecular complexity index is 2200. The normalized spacial score (nSPS) is 21.6. The second-order valence-electron chi connectivity index (χ2n) is 15.9. The van der Waals surface area contributed by atoms with E-state index in [2.05, 4.69) is 36.7 Å². The molecule has 0 aliphatic carbocycles. The van der Waals surface area contributed by atoms with Crippen molar-refractivity contribution in [3.05, 3.63) is 83.3 Å². The summed E-state index contributed by atoms with van der Waals surface area (Å²) in [4.78, 5) is 88.2. The Labute approximate surface area is 350 Å². The van der Waals surface area contributed by atoms with Crippen LogP contribution in [-0.4, -0.2) is 106 Å². The van der Waals surface area contributed by atoms with Gasteiger partial charge in [0.15, 0.2) is 5.69 Å². The van der Waals surface area contributed by atoms with Crippen LogP contribution in [0.1, 0.15) is 68.3 Å². The van der Waals surface area contributed by atoms with Crippen molar-refractivity contribution < 1.29 is 46.7 Å². The number of aromatic amines is 2. The number of halogens is 3. The number of ether oxygens (including phenoxy) is 1. The third-order valence-electron chi connectivity index (χ3n) is 10.3. The zero-order valence-corrected chi connectivity index (χ0v) is 34.7. The van der Waals surface area contributed by atoms with E-state index in [1.807, 2.05) is 32.0 Å². The number of benzene rings is 2. The molecule has 4 aromatic rings. The number of rotatable bonds is 9. The van der Waals surface area contributed by atoms with Gasteiger partial charge in [-0.3, -0.25) is 33.9 Å². The van der Waals surface area contributed by atoms with Crippen molar-refractivity contribution in [3.63, 3.8) is 0 Å². The molecule has 5 rings (SSSR count). The van der Waals surface area contributed by atoms with Gasteiger partial charge in [0.1, 0.15) is 35.6 Å². The highest BCUT2D eigenvalue weighted by atomic mass is 19.4. The quantitative estimate of drug-likeness (QED) is 0.133. The molecule has 19 heteroatoms. The van der Waals surface area contributed by atoms with E-state index in [1.165, 1.54) is 14.0 Å². The van der Waals surface area contributed by atoms with E-state index < -0.39 is 95.7 Å². The summed E-state index contributed by atoms with van der Waals surface area (Å²) < 4.78 is 45.9. The van der Waals surface area contributed by atoms with Gasteiger partial charge in [0.2, 0.25) is 29.5 Å². The van der Waals surface area contributed by atoms with Crippen LogP contribution >= 0.6 is 0 Å². The van der Waals surface area contributed by atoms with Crippen LogP contribution < -0.4 is 31.3 Å². The first kappa shape index (κ1) is 45.7. The van der Waals surface area contributed by atoms with Crippen LogP contribution in [0.5, 0.6) is 5.75 Å². The predicted molar refractivity (Wildman–Crippen MR) is 218 cm³/mol. The molecule has 5 atom stereocenters. The van der Waals surface area contributed by atoms with Crippen LogP contribution in [0.2, 0.25) is 0 Å². The maximum Gasteiger partial charge on any atom is 0.432 e. The van der Waals surface area contributed by atoms with Gasteiger partial charge in [0.25, 0.3) is 5.91 Å². The molecule has 0 spiro atoms. The van der Waals surface area contributed by atoms with Gasteiger partial charge in [-0.1, -0.05) is 58.0 Å². The van der Waals surface area contributed by atoms with Gasteiger partial charge in [-0.2, -0.15) is 18.3 Å². The Balaban J connectivity index is 1.56. The minimum atomic E-state index is -4.85. The lowest BCUT2D eigenvalue weighted by molar-refractivity contribution is -0.141. The molecule has 1 aliphatic rings. The lowest BCUT2D eigenvalue weighted by atomic mass is 9.99. The van der Waals surface area contributed by atoms with Gasteiger partial charge in [-0.15, -0.1) is 0 Å². The first-order valence-electron chi connectivity index (χ1n) is 19.9. The van der Waals surface area contributed by atoms with Crippen molar-refractivity contribution in [3.8, 4) is 5.75 Å². The Morgan fingerprint density at radius 2 is 1.48 bits per heavy atom. The first-order chi connectivity index (χ1) is 28.8. The van der Waals surface area contributed by atoms with Crippen LogP contribution in [0, 0.1) is 11.8 Å². The second kappa shape index (κ2) is 19.8. The van der Waals surface area contributed by atoms with Gasteiger partial charge >= 0.3 is 6.18 Å². The van der Waals surface area contributed by atoms with Gasteiger partial charge in [0, 0.05) is 48.6 Å². The number of H-pyrrole nitrogens is 2. The monoisotopic (exact) mass is 851 g/mol. The fourth-order valence-electron chi connectivity index (χ4n) is 6.90. The number of nitrogens with one attached hydrogen (secondary N) is 7. The molecule has 1 aliphatic heterocycles. The minimum Gasteiger partial charge on any atom is -0.497 e. The number of fused-ring (bicyclic) bond motifs is 1. The van der Waals surface area contributed by atoms with Crippen LogP contribution in [0.15, 0.2) is 60.8 Å². The Morgan fingerprint density at radius 3 is 2.11 bits per heavy atom. The average molecular weight is 852 g/mol. The summed E-state index contributed by atoms with van der Waals surface area (Å²) in [6.45, 7) is 7.39. The molecule has 0 saturated carbocycles. The number of carbonyl (C=O) groups excluding carboxylic acids is 6. The number of hydrogen-bond acceptors (Lipinski definition) is 8. The summed E-state index contributed by atoms with van der Waals surface area (Å²) in [5.41, 5.74) is 0.110. The zero-order chi connectivity index (χ0) is 44.6. The van der Waals surface area contributed by atoms with Crippen LogP contribution in [0.25, 0.3) is 10.9 Å². The number of para-hydroxylation sites is 1. The van der Waals surface area contributed by atoms with Crippen LogP contribution in [-0.2, 0) is 43.0 Å². The number of nitrogens with zero attached hydrogens (tertiary/aromatic N) is 2. The fourth-order valence-corrected chi connectivity index (χ4v) is 6.90. The summed E-state index contributed by atoms with van der Waals surface area (Å²) in [6, 6.07) is 8.76. The maximum absolute atomic E-state index is 14.3. The number of methoxy groups -OCH3 is 1.